The lowest BCUT2D eigenvalue weighted by Crippen LogP contribution is -2.20. The van der Waals surface area contributed by atoms with Crippen molar-refractivity contribution in [2.45, 2.75) is 26.2 Å². The Morgan fingerprint density at radius 3 is 2.47 bits per heavy atom. The molecule has 2 rings (SSSR count). The summed E-state index contributed by atoms with van der Waals surface area (Å²) in [5, 5.41) is 0. The van der Waals surface area contributed by atoms with Crippen LogP contribution in [-0.4, -0.2) is 11.9 Å². The maximum absolute atomic E-state index is 11.4. The first-order chi connectivity index (χ1) is 8.19. The fourth-order valence-electron chi connectivity index (χ4n) is 1.74. The third-order valence-corrected chi connectivity index (χ3v) is 2.80. The molecule has 0 atom stereocenters. The van der Waals surface area contributed by atoms with Gasteiger partial charge in [0.1, 0.15) is 0 Å². The maximum atomic E-state index is 11.4. The molecular weight excluding hydrogens is 216 g/mol. The maximum Gasteiger partial charge on any atom is 0.341 e. The van der Waals surface area contributed by atoms with Gasteiger partial charge in [-0.1, -0.05) is 31.2 Å². The van der Waals surface area contributed by atoms with Gasteiger partial charge in [0.2, 0.25) is 0 Å². The molecule has 3 heteroatoms. The molecule has 1 saturated heterocycles. The highest BCUT2D eigenvalue weighted by Gasteiger charge is 2.22. The standard InChI is InChI=1S/C14H14O3/c1-2-10-3-5-11(6-4-10)9-12-7-8-13(15)17-14(12)16/h3-6,9H,2,7-8H2,1H3/b12-9+. The van der Waals surface area contributed by atoms with Crippen molar-refractivity contribution in [1.29, 1.82) is 0 Å². The van der Waals surface area contributed by atoms with E-state index in [1.54, 1.807) is 6.08 Å². The Morgan fingerprint density at radius 1 is 1.18 bits per heavy atom. The number of aryl methyl sites for hydroxylation is 1. The number of rotatable bonds is 2. The van der Waals surface area contributed by atoms with E-state index in [4.69, 9.17) is 0 Å². The Labute approximate surface area is 100 Å². The zero-order valence-electron chi connectivity index (χ0n) is 9.73. The van der Waals surface area contributed by atoms with Crippen LogP contribution >= 0.6 is 0 Å². The molecule has 17 heavy (non-hydrogen) atoms. The second-order valence-electron chi connectivity index (χ2n) is 4.03. The Hall–Kier alpha value is -1.90. The van der Waals surface area contributed by atoms with Crippen LogP contribution in [0.3, 0.4) is 0 Å². The summed E-state index contributed by atoms with van der Waals surface area (Å²) in [5.41, 5.74) is 2.78. The quantitative estimate of drug-likeness (QED) is 0.445. The predicted molar refractivity (Wildman–Crippen MR) is 64.1 cm³/mol. The van der Waals surface area contributed by atoms with Gasteiger partial charge in [-0.2, -0.15) is 0 Å². The Balaban J connectivity index is 2.17. The number of hydrogen-bond donors (Lipinski definition) is 0. The predicted octanol–water partition coefficient (Wildman–Crippen LogP) is 2.50. The highest BCUT2D eigenvalue weighted by molar-refractivity contribution is 6.02. The zero-order chi connectivity index (χ0) is 12.3. The third kappa shape index (κ3) is 2.81. The number of cyclic esters (lactones) is 2. The molecule has 1 aliphatic rings. The van der Waals surface area contributed by atoms with Crippen LogP contribution in [0.2, 0.25) is 0 Å². The average molecular weight is 230 g/mol. The summed E-state index contributed by atoms with van der Waals surface area (Å²) in [6.45, 7) is 2.09. The van der Waals surface area contributed by atoms with Crippen LogP contribution in [0.25, 0.3) is 6.08 Å². The van der Waals surface area contributed by atoms with Crippen molar-refractivity contribution in [1.82, 2.24) is 0 Å². The highest BCUT2D eigenvalue weighted by atomic mass is 16.6. The van der Waals surface area contributed by atoms with Crippen LogP contribution in [0.1, 0.15) is 30.9 Å². The molecule has 3 nitrogen and oxygen atoms in total. The minimum Gasteiger partial charge on any atom is -0.390 e. The van der Waals surface area contributed by atoms with Crippen LogP contribution in [0.15, 0.2) is 29.8 Å². The van der Waals surface area contributed by atoms with Crippen molar-refractivity contribution < 1.29 is 14.3 Å². The van der Waals surface area contributed by atoms with Crippen molar-refractivity contribution in [2.24, 2.45) is 0 Å². The van der Waals surface area contributed by atoms with E-state index in [0.29, 0.717) is 12.0 Å². The SMILES string of the molecule is CCc1ccc(/C=C2\CCC(=O)OC2=O)cc1. The molecule has 1 fully saturated rings. The van der Waals surface area contributed by atoms with Gasteiger partial charge >= 0.3 is 11.9 Å². The summed E-state index contributed by atoms with van der Waals surface area (Å²) in [6, 6.07) is 8.00. The number of esters is 2. The number of carbonyl (C=O) groups excluding carboxylic acids is 2. The Bertz CT molecular complexity index is 469. The normalized spacial score (nSPS) is 18.3. The zero-order valence-corrected chi connectivity index (χ0v) is 9.73. The Morgan fingerprint density at radius 2 is 1.88 bits per heavy atom. The van der Waals surface area contributed by atoms with Gasteiger partial charge in [0, 0.05) is 5.57 Å². The molecule has 0 radical (unpaired) electrons. The van der Waals surface area contributed by atoms with Gasteiger partial charge < -0.3 is 4.74 Å². The summed E-state index contributed by atoms with van der Waals surface area (Å²) in [5.74, 6) is -0.950. The lowest BCUT2D eigenvalue weighted by Gasteiger charge is -2.12. The van der Waals surface area contributed by atoms with E-state index in [2.05, 4.69) is 11.7 Å². The smallest absolute Gasteiger partial charge is 0.341 e. The van der Waals surface area contributed by atoms with Crippen LogP contribution in [0, 0.1) is 0 Å². The number of ether oxygens (including phenoxy) is 1. The monoisotopic (exact) mass is 230 g/mol. The topological polar surface area (TPSA) is 43.4 Å². The van der Waals surface area contributed by atoms with Gasteiger partial charge in [-0.05, 0) is 30.0 Å². The van der Waals surface area contributed by atoms with E-state index in [-0.39, 0.29) is 6.42 Å². The van der Waals surface area contributed by atoms with Gasteiger partial charge in [0.25, 0.3) is 0 Å². The highest BCUT2D eigenvalue weighted by Crippen LogP contribution is 2.19. The molecule has 0 saturated carbocycles. The van der Waals surface area contributed by atoms with Gasteiger partial charge in [-0.15, -0.1) is 0 Å². The van der Waals surface area contributed by atoms with E-state index in [1.165, 1.54) is 5.56 Å². The summed E-state index contributed by atoms with van der Waals surface area (Å²) < 4.78 is 4.57. The van der Waals surface area contributed by atoms with E-state index in [9.17, 15) is 9.59 Å². The first-order valence-corrected chi connectivity index (χ1v) is 5.73. The lowest BCUT2D eigenvalue weighted by atomic mass is 10.0. The second kappa shape index (κ2) is 4.95. The molecule has 0 aliphatic carbocycles. The first-order valence-electron chi connectivity index (χ1n) is 5.73. The van der Waals surface area contributed by atoms with Crippen molar-refractivity contribution in [3.63, 3.8) is 0 Å². The van der Waals surface area contributed by atoms with Crippen LogP contribution in [-0.2, 0) is 20.7 Å². The average Bonchev–Trinajstić information content (AvgIpc) is 2.34. The fraction of sp³-hybridized carbons (Fsp3) is 0.286. The first kappa shape index (κ1) is 11.6. The second-order valence-corrected chi connectivity index (χ2v) is 4.03. The van der Waals surface area contributed by atoms with E-state index < -0.39 is 11.9 Å². The molecule has 1 heterocycles. The molecule has 88 valence electrons. The fourth-order valence-corrected chi connectivity index (χ4v) is 1.74. The number of benzene rings is 1. The van der Waals surface area contributed by atoms with Gasteiger partial charge in [0.05, 0.1) is 6.42 Å². The van der Waals surface area contributed by atoms with Gasteiger partial charge in [-0.25, -0.2) is 4.79 Å². The molecule has 0 bridgehead atoms. The van der Waals surface area contributed by atoms with Crippen LogP contribution < -0.4 is 0 Å². The van der Waals surface area contributed by atoms with E-state index >= 15 is 0 Å². The number of carbonyl (C=O) groups is 2. The largest absolute Gasteiger partial charge is 0.390 e. The molecule has 1 aromatic rings. The van der Waals surface area contributed by atoms with Gasteiger partial charge in [-0.3, -0.25) is 4.79 Å². The molecular formula is C14H14O3. The lowest BCUT2D eigenvalue weighted by molar-refractivity contribution is -0.159. The van der Waals surface area contributed by atoms with E-state index in [1.807, 2.05) is 24.3 Å². The number of hydrogen-bond acceptors (Lipinski definition) is 3. The third-order valence-electron chi connectivity index (χ3n) is 2.80. The summed E-state index contributed by atoms with van der Waals surface area (Å²) >= 11 is 0. The van der Waals surface area contributed by atoms with Crippen molar-refractivity contribution in [2.75, 3.05) is 0 Å². The molecule has 0 unspecified atom stereocenters. The van der Waals surface area contributed by atoms with Crippen molar-refractivity contribution >= 4 is 18.0 Å². The molecule has 0 N–H and O–H groups in total. The molecule has 0 spiro atoms. The summed E-state index contributed by atoms with van der Waals surface area (Å²) in [4.78, 5) is 22.3. The minimum atomic E-state index is -0.513. The summed E-state index contributed by atoms with van der Waals surface area (Å²) in [7, 11) is 0. The Kier molecular flexibility index (Phi) is 3.38. The molecule has 0 aromatic heterocycles. The molecule has 1 aromatic carbocycles. The van der Waals surface area contributed by atoms with Crippen LogP contribution in [0.5, 0.6) is 0 Å². The van der Waals surface area contributed by atoms with Crippen molar-refractivity contribution in [3.05, 3.63) is 41.0 Å². The molecule has 1 aliphatic heterocycles. The minimum absolute atomic E-state index is 0.282. The molecule has 0 amide bonds. The van der Waals surface area contributed by atoms with Gasteiger partial charge in [0.15, 0.2) is 0 Å². The summed E-state index contributed by atoms with van der Waals surface area (Å²) in [6.07, 6.45) is 3.53. The van der Waals surface area contributed by atoms with Crippen molar-refractivity contribution in [3.8, 4) is 0 Å². The van der Waals surface area contributed by atoms with E-state index in [0.717, 1.165) is 12.0 Å². The van der Waals surface area contributed by atoms with Crippen LogP contribution in [0.4, 0.5) is 0 Å².